The van der Waals surface area contributed by atoms with Gasteiger partial charge in [-0.3, -0.25) is 14.7 Å². The number of anilines is 5. The number of nitrogens with two attached hydrogens (primary N) is 5. The zero-order valence-electron chi connectivity index (χ0n) is 66.8. The van der Waals surface area contributed by atoms with Gasteiger partial charge in [0.15, 0.2) is 0 Å². The molecule has 608 valence electrons. The summed E-state index contributed by atoms with van der Waals surface area (Å²) in [6.07, 6.45) is 19.1. The third-order valence-corrected chi connectivity index (χ3v) is 22.6. The Bertz CT molecular complexity index is 6750. The normalized spacial score (nSPS) is 11.4. The van der Waals surface area contributed by atoms with E-state index in [-0.39, 0.29) is 18.5 Å². The second-order valence-corrected chi connectivity index (χ2v) is 31.2. The van der Waals surface area contributed by atoms with Crippen molar-refractivity contribution in [2.75, 3.05) is 28.7 Å². The number of fused-ring (bicyclic) bond motifs is 15. The number of aromatic amines is 8. The van der Waals surface area contributed by atoms with Crippen LogP contribution in [0.2, 0.25) is 0 Å². The molecule has 26 nitrogen and oxygen atoms in total. The van der Waals surface area contributed by atoms with Crippen molar-refractivity contribution in [1.29, 1.82) is 0 Å². The molecule has 0 spiro atoms. The van der Waals surface area contributed by atoms with E-state index < -0.39 is 0 Å². The average Bonchev–Trinajstić information content (AvgIpc) is 1.61. The topological polar surface area (TPSA) is 432 Å². The maximum absolute atomic E-state index is 12.0. The van der Waals surface area contributed by atoms with Crippen LogP contribution in [0.4, 0.5) is 29.1 Å². The van der Waals surface area contributed by atoms with E-state index in [1.165, 1.54) is 22.1 Å². The number of aromatic nitrogens is 19. The Morgan fingerprint density at radius 1 is 0.350 bits per heavy atom. The van der Waals surface area contributed by atoms with Gasteiger partial charge >= 0.3 is 0 Å². The largest absolute Gasteiger partial charge is 0.382 e. The van der Waals surface area contributed by atoms with Gasteiger partial charge in [-0.2, -0.15) is 16.4 Å². The molecule has 0 aliphatic rings. The number of H-pyrrole nitrogens is 8. The van der Waals surface area contributed by atoms with E-state index >= 15 is 0 Å². The second-order valence-electron chi connectivity index (χ2n) is 29.5. The van der Waals surface area contributed by atoms with Crippen LogP contribution in [0.15, 0.2) is 184 Å². The minimum absolute atomic E-state index is 0. The summed E-state index contributed by atoms with van der Waals surface area (Å²) in [4.78, 5) is 93.3. The minimum Gasteiger partial charge on any atom is -0.382 e. The zero-order valence-corrected chi connectivity index (χ0v) is 68.4. The smallest absolute Gasteiger partial charge is 0.255 e. The number of imidazole rings is 5. The maximum Gasteiger partial charge on any atom is 0.255 e. The van der Waals surface area contributed by atoms with Crippen LogP contribution in [0.5, 0.6) is 0 Å². The number of aryl methyl sites for hydroxylation is 5. The molecule has 0 aliphatic carbocycles. The van der Waals surface area contributed by atoms with Gasteiger partial charge in [-0.25, -0.2) is 49.8 Å². The first kappa shape index (κ1) is 81.2. The molecule has 0 atom stereocenters. The first-order valence-electron chi connectivity index (χ1n) is 40.4. The number of nitrogens with zero attached hydrogens (tertiary/aromatic N) is 11. The summed E-state index contributed by atoms with van der Waals surface area (Å²) < 4.78 is 0. The predicted octanol–water partition coefficient (Wildman–Crippen LogP) is 20.4. The Morgan fingerprint density at radius 3 is 1.10 bits per heavy atom. The highest BCUT2D eigenvalue weighted by Gasteiger charge is 2.20. The standard InChI is InChI=1S/2C19H19N5O.2C18H18N4S.C17H18N6.CH4/c1-2-3-6-15-23-16-13-8-7-11(12-5-4-9-21-19(12)25)10-14(13)22-18(20)17(16)24-15;1-2-3-6-15-23-17-12-9-8-11(13-5-4-7-16(25)21-13)10-14(12)22-19(20)18(17)24-15;1-2-3-6-15-21-16-12-8-7-11(14-5-4-9-23-14)10-13(12)20-18(19)17(16)22-15;1-2-3-4-15-21-16-13-6-5-11(12-7-8-23-10-12)9-14(13)20-18(19)17(16)22-15;1-2-3-4-14-21-15-11-6-5-10(12-7-8-19-23-12)9-13(11)20-17(18)16(15)22-14;/h2*4-5,7-10H,2-3,6H2,1H3,(H2,20,22)(H,21,25)(H,23,24);4-5,7-10H,2-3,6H2,1H3,(H2,19,20)(H,21,22);5-10H,2-4H2,1H3,(H2,19,20)(H,21,22);5-9H,2-4H2,1H3,(H2,18,20)(H,19,23)(H,21,22);1H4. The van der Waals surface area contributed by atoms with E-state index in [2.05, 4.69) is 175 Å². The molecule has 0 amide bonds. The minimum atomic E-state index is -0.131. The number of benzene rings is 5. The molecule has 0 fully saturated rings. The number of thiophene rings is 2. The lowest BCUT2D eigenvalue weighted by Crippen LogP contribution is -2.06. The SMILES string of the molecule is C.CCCCc1nc2c([nH]1)c(N)nc1cc(-c3ccc[nH]c3=O)ccc12.CCCCc1nc2c([nH]1)c(N)nc1cc(-c3cccc(=O)[nH]3)ccc12.CCCCc1nc2c([nH]1)c(N)nc1cc(-c3cccs3)ccc12.CCCCc1nc2c([nH]1)c(N)nc1cc(-c3ccn[nH]3)ccc12.CCCCc1nc2c([nH]1)c(N)nc1cc(-c3ccsc3)ccc12. The number of pyridine rings is 7. The first-order valence-corrected chi connectivity index (χ1v) is 42.3. The molecule has 0 bridgehead atoms. The van der Waals surface area contributed by atoms with E-state index in [4.69, 9.17) is 53.6 Å². The van der Waals surface area contributed by atoms with E-state index in [0.717, 1.165) is 269 Å². The molecule has 15 aromatic heterocycles. The molecule has 0 unspecified atom stereocenters. The average molecular weight is 1630 g/mol. The van der Waals surface area contributed by atoms with Crippen molar-refractivity contribution in [2.45, 2.75) is 138 Å². The van der Waals surface area contributed by atoms with Crippen molar-refractivity contribution in [1.82, 2.24) is 94.9 Å². The monoisotopic (exact) mass is 1630 g/mol. The van der Waals surface area contributed by atoms with Crippen LogP contribution in [0.1, 0.15) is 135 Å². The van der Waals surface area contributed by atoms with Crippen molar-refractivity contribution in [3.8, 4) is 55.2 Å². The van der Waals surface area contributed by atoms with E-state index in [1.807, 2.05) is 66.7 Å². The van der Waals surface area contributed by atoms with Crippen LogP contribution in [0.25, 0.3) is 165 Å². The van der Waals surface area contributed by atoms with Gasteiger partial charge in [0.2, 0.25) is 5.56 Å². The molecule has 5 aromatic carbocycles. The quantitative estimate of drug-likeness (QED) is 0.0337. The Balaban J connectivity index is 0.000000117. The fourth-order valence-electron chi connectivity index (χ4n) is 14.8. The molecule has 15 heterocycles. The molecule has 0 radical (unpaired) electrons. The number of hydrogen-bond acceptors (Lipinski definition) is 20. The van der Waals surface area contributed by atoms with Crippen molar-refractivity contribution < 1.29 is 0 Å². The molecule has 28 heteroatoms. The predicted molar refractivity (Wildman–Crippen MR) is 495 cm³/mol. The number of rotatable bonds is 20. The summed E-state index contributed by atoms with van der Waals surface area (Å²) in [6, 6.07) is 47.3. The highest BCUT2D eigenvalue weighted by atomic mass is 32.1. The van der Waals surface area contributed by atoms with Gasteiger partial charge in [-0.05, 0) is 168 Å². The van der Waals surface area contributed by atoms with E-state index in [1.54, 1.807) is 53.3 Å². The third kappa shape index (κ3) is 17.2. The third-order valence-electron chi connectivity index (χ3n) is 21.0. The first-order chi connectivity index (χ1) is 58.1. The van der Waals surface area contributed by atoms with E-state index in [0.29, 0.717) is 34.7 Å². The second kappa shape index (κ2) is 36.3. The molecule has 0 aliphatic heterocycles. The molecule has 0 saturated carbocycles. The van der Waals surface area contributed by atoms with Gasteiger partial charge in [-0.1, -0.05) is 117 Å². The fourth-order valence-corrected chi connectivity index (χ4v) is 16.2. The van der Waals surface area contributed by atoms with Crippen molar-refractivity contribution in [3.05, 3.63) is 224 Å². The molecule has 0 saturated heterocycles. The molecule has 18 N–H and O–H groups in total. The fraction of sp³-hybridized carbons (Fsp3) is 0.228. The zero-order chi connectivity index (χ0) is 82.2. The summed E-state index contributed by atoms with van der Waals surface area (Å²) in [5.41, 5.74) is 51.7. The van der Waals surface area contributed by atoms with E-state index in [9.17, 15) is 9.59 Å². The molecular weight excluding hydrogens is 1540 g/mol. The van der Waals surface area contributed by atoms with Gasteiger partial charge in [0.1, 0.15) is 113 Å². The molecule has 20 aromatic rings. The molecule has 20 rings (SSSR count). The maximum atomic E-state index is 12.0. The number of nitrogens with one attached hydrogen (secondary N) is 8. The van der Waals surface area contributed by atoms with Crippen LogP contribution >= 0.6 is 22.7 Å². The molecular formula is C92H96N24O2S2. The van der Waals surface area contributed by atoms with Crippen LogP contribution < -0.4 is 39.8 Å². The van der Waals surface area contributed by atoms with Crippen LogP contribution in [0, 0.1) is 0 Å². The molecule has 120 heavy (non-hydrogen) atoms. The van der Waals surface area contributed by atoms with Gasteiger partial charge in [0, 0.05) is 105 Å². The number of nitrogen functional groups attached to an aromatic ring is 5. The van der Waals surface area contributed by atoms with Gasteiger partial charge in [-0.15, -0.1) is 11.3 Å². The summed E-state index contributed by atoms with van der Waals surface area (Å²) >= 11 is 3.42. The lowest BCUT2D eigenvalue weighted by atomic mass is 10.0. The number of unbranched alkanes of at least 4 members (excludes halogenated alkanes) is 5. The van der Waals surface area contributed by atoms with Crippen molar-refractivity contribution in [3.63, 3.8) is 0 Å². The Kier molecular flexibility index (Phi) is 24.5. The van der Waals surface area contributed by atoms with Gasteiger partial charge in [0.25, 0.3) is 5.56 Å². The van der Waals surface area contributed by atoms with Crippen molar-refractivity contribution in [2.24, 2.45) is 0 Å². The van der Waals surface area contributed by atoms with Crippen molar-refractivity contribution >= 4 is 161 Å². The Morgan fingerprint density at radius 2 is 0.733 bits per heavy atom. The van der Waals surface area contributed by atoms with Gasteiger partial charge in [0.05, 0.1) is 33.3 Å². The van der Waals surface area contributed by atoms with Crippen LogP contribution in [0.3, 0.4) is 0 Å². The summed E-state index contributed by atoms with van der Waals surface area (Å²) in [5, 5.41) is 18.2. The summed E-state index contributed by atoms with van der Waals surface area (Å²) in [6.45, 7) is 10.8. The van der Waals surface area contributed by atoms with Crippen LogP contribution in [-0.2, 0) is 32.1 Å². The Hall–Kier alpha value is -14.0. The highest BCUT2D eigenvalue weighted by molar-refractivity contribution is 7.13. The highest BCUT2D eigenvalue weighted by Crippen LogP contribution is 2.37. The lowest BCUT2D eigenvalue weighted by molar-refractivity contribution is 0.765. The Labute approximate surface area is 698 Å². The van der Waals surface area contributed by atoms with Crippen LogP contribution in [-0.4, -0.2) is 94.9 Å². The summed E-state index contributed by atoms with van der Waals surface area (Å²) in [5.74, 6) is 7.22. The number of hydrogen-bond donors (Lipinski definition) is 13. The lowest BCUT2D eigenvalue weighted by Gasteiger charge is -2.05. The summed E-state index contributed by atoms with van der Waals surface area (Å²) in [7, 11) is 0. The van der Waals surface area contributed by atoms with Gasteiger partial charge < -0.3 is 63.6 Å².